The van der Waals surface area contributed by atoms with Crippen molar-refractivity contribution in [1.82, 2.24) is 5.32 Å². The fourth-order valence-electron chi connectivity index (χ4n) is 2.54. The second kappa shape index (κ2) is 7.16. The molecule has 1 heterocycles. The van der Waals surface area contributed by atoms with Crippen LogP contribution in [0.5, 0.6) is 5.75 Å². The molecule has 1 fully saturated rings. The van der Waals surface area contributed by atoms with Crippen molar-refractivity contribution in [3.05, 3.63) is 62.2 Å². The van der Waals surface area contributed by atoms with Crippen LogP contribution in [0.2, 0.25) is 0 Å². The molecule has 3 rings (SSSR count). The summed E-state index contributed by atoms with van der Waals surface area (Å²) in [4.78, 5) is 26.6. The average Bonchev–Trinajstić information content (AvgIpc) is 2.57. The fourth-order valence-corrected chi connectivity index (χ4v) is 3.36. The van der Waals surface area contributed by atoms with Crippen molar-refractivity contribution in [1.29, 1.82) is 0 Å². The van der Waals surface area contributed by atoms with Gasteiger partial charge < -0.3 is 5.11 Å². The lowest BCUT2D eigenvalue weighted by atomic mass is 10.1. The smallest absolute Gasteiger partial charge is 0.270 e. The lowest BCUT2D eigenvalue weighted by Crippen LogP contribution is -2.54. The van der Waals surface area contributed by atoms with Crippen LogP contribution >= 0.6 is 34.8 Å². The number of aromatic hydroxyl groups is 1. The van der Waals surface area contributed by atoms with Crippen LogP contribution in [0.15, 0.2) is 42.0 Å². The predicted octanol–water partition coefficient (Wildman–Crippen LogP) is 3.44. The lowest BCUT2D eigenvalue weighted by Gasteiger charge is -2.29. The number of nitrogens with zero attached hydrogens (tertiary/aromatic N) is 1. The maximum Gasteiger partial charge on any atom is 0.270 e. The van der Waals surface area contributed by atoms with Gasteiger partial charge in [0, 0.05) is 0 Å². The van der Waals surface area contributed by atoms with Crippen molar-refractivity contribution < 1.29 is 14.7 Å². The summed E-state index contributed by atoms with van der Waals surface area (Å²) in [6.45, 7) is 3.93. The first kappa shape index (κ1) is 18.5. The molecule has 0 spiro atoms. The van der Waals surface area contributed by atoms with Crippen molar-refractivity contribution >= 4 is 63.5 Å². The van der Waals surface area contributed by atoms with Gasteiger partial charge in [-0.2, -0.15) is 0 Å². The number of carbonyl (C=O) groups excluding carboxylic acids is 2. The molecule has 0 radical (unpaired) electrons. The summed E-state index contributed by atoms with van der Waals surface area (Å²) in [5.74, 6) is -0.877. The van der Waals surface area contributed by atoms with Gasteiger partial charge in [0.1, 0.15) is 11.3 Å². The number of aryl methyl sites for hydroxylation is 2. The number of halogens is 1. The molecule has 0 aliphatic carbocycles. The Balaban J connectivity index is 2.03. The van der Waals surface area contributed by atoms with Crippen LogP contribution in [0.1, 0.15) is 16.7 Å². The maximum atomic E-state index is 13.0. The van der Waals surface area contributed by atoms with Crippen LogP contribution in [0.25, 0.3) is 6.08 Å². The molecule has 0 aromatic heterocycles. The Morgan fingerprint density at radius 3 is 2.50 bits per heavy atom. The zero-order chi connectivity index (χ0) is 19.0. The molecule has 26 heavy (non-hydrogen) atoms. The Bertz CT molecular complexity index is 985. The molecule has 1 aliphatic heterocycles. The Morgan fingerprint density at radius 2 is 1.85 bits per heavy atom. The van der Waals surface area contributed by atoms with E-state index in [9.17, 15) is 14.7 Å². The SMILES string of the molecule is Cc1ccc(N2C(=O)/C(=C/c3ccc(O)c(I)c3)C(=O)NC2=S)cc1C. The molecule has 0 bridgehead atoms. The van der Waals surface area contributed by atoms with E-state index in [4.69, 9.17) is 12.2 Å². The molecule has 0 saturated carbocycles. The number of hydrogen-bond acceptors (Lipinski definition) is 4. The van der Waals surface area contributed by atoms with Crippen LogP contribution < -0.4 is 10.2 Å². The Morgan fingerprint density at radius 1 is 1.12 bits per heavy atom. The number of thiocarbonyl (C=S) groups is 1. The third-order valence-electron chi connectivity index (χ3n) is 4.13. The summed E-state index contributed by atoms with van der Waals surface area (Å²) in [6.07, 6.45) is 1.50. The molecular weight excluding hydrogens is 463 g/mol. The first-order chi connectivity index (χ1) is 12.3. The van der Waals surface area contributed by atoms with Crippen molar-refractivity contribution in [3.63, 3.8) is 0 Å². The number of amides is 2. The monoisotopic (exact) mass is 478 g/mol. The van der Waals surface area contributed by atoms with Gasteiger partial charge in [-0.15, -0.1) is 0 Å². The Kier molecular flexibility index (Phi) is 5.10. The zero-order valence-corrected chi connectivity index (χ0v) is 17.0. The topological polar surface area (TPSA) is 69.6 Å². The van der Waals surface area contributed by atoms with Crippen molar-refractivity contribution in [3.8, 4) is 5.75 Å². The lowest BCUT2D eigenvalue weighted by molar-refractivity contribution is -0.122. The molecular formula is C19H15IN2O3S. The van der Waals surface area contributed by atoms with Gasteiger partial charge >= 0.3 is 0 Å². The van der Waals surface area contributed by atoms with Crippen LogP contribution in [0, 0.1) is 17.4 Å². The predicted molar refractivity (Wildman–Crippen MR) is 113 cm³/mol. The minimum atomic E-state index is -0.539. The van der Waals surface area contributed by atoms with Crippen molar-refractivity contribution in [2.24, 2.45) is 0 Å². The molecule has 2 aromatic rings. The van der Waals surface area contributed by atoms with Gasteiger partial charge in [0.2, 0.25) is 0 Å². The third kappa shape index (κ3) is 3.49. The summed E-state index contributed by atoms with van der Waals surface area (Å²) in [5.41, 5.74) is 3.35. The van der Waals surface area contributed by atoms with E-state index in [-0.39, 0.29) is 16.4 Å². The molecule has 2 aromatic carbocycles. The van der Waals surface area contributed by atoms with E-state index in [0.717, 1.165) is 11.1 Å². The quantitative estimate of drug-likeness (QED) is 0.301. The first-order valence-electron chi connectivity index (χ1n) is 7.75. The highest BCUT2D eigenvalue weighted by Crippen LogP contribution is 2.26. The number of anilines is 1. The first-order valence-corrected chi connectivity index (χ1v) is 9.24. The zero-order valence-electron chi connectivity index (χ0n) is 14.0. The van der Waals surface area contributed by atoms with Gasteiger partial charge in [-0.3, -0.25) is 19.8 Å². The Hall–Kier alpha value is -2.26. The number of carbonyl (C=O) groups is 2. The summed E-state index contributed by atoms with van der Waals surface area (Å²) in [5, 5.41) is 12.3. The molecule has 5 nitrogen and oxygen atoms in total. The van der Waals surface area contributed by atoms with E-state index >= 15 is 0 Å². The summed E-state index contributed by atoms with van der Waals surface area (Å²) >= 11 is 7.19. The molecule has 1 aliphatic rings. The van der Waals surface area contributed by atoms with Crippen molar-refractivity contribution in [2.45, 2.75) is 13.8 Å². The summed E-state index contributed by atoms with van der Waals surface area (Å²) in [6, 6.07) is 10.4. The van der Waals surface area contributed by atoms with E-state index in [2.05, 4.69) is 5.32 Å². The largest absolute Gasteiger partial charge is 0.507 e. The number of benzene rings is 2. The van der Waals surface area contributed by atoms with Gasteiger partial charge in [-0.05, 0) is 95.7 Å². The van der Waals surface area contributed by atoms with Crippen LogP contribution in [-0.4, -0.2) is 22.0 Å². The average molecular weight is 478 g/mol. The number of phenols is 1. The minimum absolute atomic E-state index is 0.0154. The van der Waals surface area contributed by atoms with Crippen molar-refractivity contribution in [2.75, 3.05) is 4.90 Å². The van der Waals surface area contributed by atoms with Crippen LogP contribution in [-0.2, 0) is 9.59 Å². The maximum absolute atomic E-state index is 13.0. The van der Waals surface area contributed by atoms with E-state index in [0.29, 0.717) is 14.8 Å². The summed E-state index contributed by atoms with van der Waals surface area (Å²) < 4.78 is 0.627. The van der Waals surface area contributed by atoms with E-state index in [1.165, 1.54) is 17.0 Å². The highest BCUT2D eigenvalue weighted by molar-refractivity contribution is 14.1. The normalized spacial score (nSPS) is 16.2. The van der Waals surface area contributed by atoms with Gasteiger partial charge in [0.15, 0.2) is 5.11 Å². The second-order valence-corrected chi connectivity index (χ2v) is 7.49. The number of rotatable bonds is 2. The minimum Gasteiger partial charge on any atom is -0.507 e. The van der Waals surface area contributed by atoms with E-state index in [1.54, 1.807) is 18.2 Å². The molecule has 0 unspecified atom stereocenters. The number of hydrogen-bond donors (Lipinski definition) is 2. The fraction of sp³-hybridized carbons (Fsp3) is 0.105. The van der Waals surface area contributed by atoms with Gasteiger partial charge in [0.25, 0.3) is 11.8 Å². The van der Waals surface area contributed by atoms with Crippen LogP contribution in [0.3, 0.4) is 0 Å². The number of nitrogens with one attached hydrogen (secondary N) is 1. The molecule has 0 atom stereocenters. The Labute approximate surface area is 169 Å². The highest BCUT2D eigenvalue weighted by atomic mass is 127. The second-order valence-electron chi connectivity index (χ2n) is 5.94. The molecule has 2 N–H and O–H groups in total. The van der Waals surface area contributed by atoms with Gasteiger partial charge in [0.05, 0.1) is 9.26 Å². The van der Waals surface area contributed by atoms with E-state index in [1.807, 2.05) is 48.6 Å². The third-order valence-corrected chi connectivity index (χ3v) is 5.28. The van der Waals surface area contributed by atoms with E-state index < -0.39 is 11.8 Å². The molecule has 132 valence electrons. The van der Waals surface area contributed by atoms with Crippen LogP contribution in [0.4, 0.5) is 5.69 Å². The van der Waals surface area contributed by atoms with Gasteiger partial charge in [-0.1, -0.05) is 12.1 Å². The van der Waals surface area contributed by atoms with Gasteiger partial charge in [-0.25, -0.2) is 0 Å². The molecule has 1 saturated heterocycles. The standard InChI is InChI=1S/C19H15IN2O3S/c1-10-3-5-13(7-11(10)2)22-18(25)14(17(24)21-19(22)26)8-12-4-6-16(23)15(20)9-12/h3-9,23H,1-2H3,(H,21,24,26)/b14-8+. The molecule has 7 heteroatoms. The molecule has 2 amide bonds. The number of phenolic OH excluding ortho intramolecular Hbond substituents is 1. The highest BCUT2D eigenvalue weighted by Gasteiger charge is 2.34. The summed E-state index contributed by atoms with van der Waals surface area (Å²) in [7, 11) is 0.